The van der Waals surface area contributed by atoms with E-state index in [4.69, 9.17) is 0 Å². The van der Waals surface area contributed by atoms with Crippen LogP contribution in [0.15, 0.2) is 30.5 Å². The molecule has 2 aromatic rings. The maximum absolute atomic E-state index is 11.2. The normalized spacial score (nSPS) is 10.9. The number of carboxylic acids is 1. The molecule has 0 spiro atoms. The third-order valence-corrected chi connectivity index (χ3v) is 2.93. The van der Waals surface area contributed by atoms with E-state index >= 15 is 0 Å². The summed E-state index contributed by atoms with van der Waals surface area (Å²) in [7, 11) is 0. The number of nitrogens with zero attached hydrogens (tertiary/aromatic N) is 2. The van der Waals surface area contributed by atoms with Crippen LogP contribution in [-0.4, -0.2) is 20.9 Å². The molecule has 1 heterocycles. The van der Waals surface area contributed by atoms with Gasteiger partial charge in [-0.25, -0.2) is 9.48 Å². The van der Waals surface area contributed by atoms with Gasteiger partial charge in [-0.05, 0) is 24.5 Å². The zero-order valence-corrected chi connectivity index (χ0v) is 10.7. The predicted octanol–water partition coefficient (Wildman–Crippen LogP) is 3.00. The van der Waals surface area contributed by atoms with E-state index in [1.54, 1.807) is 4.68 Å². The van der Waals surface area contributed by atoms with E-state index in [-0.39, 0.29) is 11.5 Å². The Morgan fingerprint density at radius 1 is 1.33 bits per heavy atom. The molecule has 0 radical (unpaired) electrons. The average molecular weight is 244 g/mol. The van der Waals surface area contributed by atoms with E-state index in [1.807, 2.05) is 45.0 Å². The molecule has 0 saturated carbocycles. The molecule has 4 heteroatoms. The van der Waals surface area contributed by atoms with Crippen molar-refractivity contribution >= 4 is 5.97 Å². The fraction of sp³-hybridized carbons (Fsp3) is 0.286. The number of aryl methyl sites for hydroxylation is 1. The van der Waals surface area contributed by atoms with E-state index in [0.717, 1.165) is 16.9 Å². The van der Waals surface area contributed by atoms with Gasteiger partial charge in [-0.15, -0.1) is 0 Å². The standard InChI is InChI=1S/C14H16N2O2/c1-9(2)13-11(14(17)18)8-15-16(13)12-7-5-4-6-10(12)3/h4-9H,1-3H3,(H,17,18). The van der Waals surface area contributed by atoms with E-state index in [0.29, 0.717) is 0 Å². The minimum absolute atomic E-state index is 0.0956. The molecular formula is C14H16N2O2. The molecule has 0 aliphatic carbocycles. The summed E-state index contributed by atoms with van der Waals surface area (Å²) in [6, 6.07) is 7.81. The Bertz CT molecular complexity index is 585. The van der Waals surface area contributed by atoms with Crippen LogP contribution in [0.5, 0.6) is 0 Å². The number of carboxylic acid groups (broad SMARTS) is 1. The number of rotatable bonds is 3. The third kappa shape index (κ3) is 2.01. The van der Waals surface area contributed by atoms with Crippen molar-refractivity contribution in [2.75, 3.05) is 0 Å². The van der Waals surface area contributed by atoms with Gasteiger partial charge >= 0.3 is 5.97 Å². The van der Waals surface area contributed by atoms with Crippen molar-refractivity contribution in [1.29, 1.82) is 0 Å². The Kier molecular flexibility index (Phi) is 3.19. The van der Waals surface area contributed by atoms with Crippen LogP contribution in [0.2, 0.25) is 0 Å². The van der Waals surface area contributed by atoms with Crippen molar-refractivity contribution in [1.82, 2.24) is 9.78 Å². The molecular weight excluding hydrogens is 228 g/mol. The van der Waals surface area contributed by atoms with Crippen molar-refractivity contribution in [2.45, 2.75) is 26.7 Å². The average Bonchev–Trinajstić information content (AvgIpc) is 2.74. The van der Waals surface area contributed by atoms with Gasteiger partial charge in [0.15, 0.2) is 0 Å². The molecule has 0 unspecified atom stereocenters. The molecule has 0 amide bonds. The minimum atomic E-state index is -0.932. The van der Waals surface area contributed by atoms with Crippen LogP contribution in [0.1, 0.15) is 41.4 Å². The van der Waals surface area contributed by atoms with Crippen molar-refractivity contribution in [3.8, 4) is 5.69 Å². The molecule has 0 saturated heterocycles. The van der Waals surface area contributed by atoms with E-state index in [2.05, 4.69) is 5.10 Å². The number of para-hydroxylation sites is 1. The zero-order chi connectivity index (χ0) is 13.3. The topological polar surface area (TPSA) is 55.1 Å². The summed E-state index contributed by atoms with van der Waals surface area (Å²) in [6.45, 7) is 5.93. The van der Waals surface area contributed by atoms with Crippen molar-refractivity contribution in [2.24, 2.45) is 0 Å². The first-order chi connectivity index (χ1) is 8.52. The summed E-state index contributed by atoms with van der Waals surface area (Å²) in [5, 5.41) is 13.4. The second kappa shape index (κ2) is 4.64. The van der Waals surface area contributed by atoms with Crippen LogP contribution in [0, 0.1) is 6.92 Å². The molecule has 18 heavy (non-hydrogen) atoms. The molecule has 1 aromatic carbocycles. The van der Waals surface area contributed by atoms with Crippen LogP contribution in [0.25, 0.3) is 5.69 Å². The highest BCUT2D eigenvalue weighted by Gasteiger charge is 2.20. The molecule has 2 rings (SSSR count). The fourth-order valence-electron chi connectivity index (χ4n) is 2.07. The predicted molar refractivity (Wildman–Crippen MR) is 69.3 cm³/mol. The van der Waals surface area contributed by atoms with E-state index in [9.17, 15) is 9.90 Å². The quantitative estimate of drug-likeness (QED) is 0.903. The first kappa shape index (κ1) is 12.4. The monoisotopic (exact) mass is 244 g/mol. The van der Waals surface area contributed by atoms with Gasteiger partial charge in [-0.2, -0.15) is 5.10 Å². The number of carbonyl (C=O) groups is 1. The molecule has 0 bridgehead atoms. The Balaban J connectivity index is 2.66. The lowest BCUT2D eigenvalue weighted by atomic mass is 10.1. The third-order valence-electron chi connectivity index (χ3n) is 2.93. The van der Waals surface area contributed by atoms with Crippen LogP contribution in [0.3, 0.4) is 0 Å². The highest BCUT2D eigenvalue weighted by Crippen LogP contribution is 2.24. The molecule has 0 aliphatic rings. The van der Waals surface area contributed by atoms with Crippen LogP contribution in [0.4, 0.5) is 0 Å². The van der Waals surface area contributed by atoms with Gasteiger partial charge in [-0.3, -0.25) is 0 Å². The second-order valence-corrected chi connectivity index (χ2v) is 4.60. The Morgan fingerprint density at radius 3 is 2.56 bits per heavy atom. The van der Waals surface area contributed by atoms with Gasteiger partial charge in [0.2, 0.25) is 0 Å². The smallest absolute Gasteiger partial charge is 0.339 e. The Morgan fingerprint density at radius 2 is 2.00 bits per heavy atom. The van der Waals surface area contributed by atoms with Gasteiger partial charge in [0.25, 0.3) is 0 Å². The number of aromatic nitrogens is 2. The summed E-state index contributed by atoms with van der Waals surface area (Å²) >= 11 is 0. The first-order valence-electron chi connectivity index (χ1n) is 5.89. The summed E-state index contributed by atoms with van der Waals surface area (Å²) in [4.78, 5) is 11.2. The maximum Gasteiger partial charge on any atom is 0.339 e. The van der Waals surface area contributed by atoms with Gasteiger partial charge in [0.05, 0.1) is 17.6 Å². The number of aromatic carboxylic acids is 1. The molecule has 94 valence electrons. The lowest BCUT2D eigenvalue weighted by molar-refractivity contribution is 0.0695. The van der Waals surface area contributed by atoms with Gasteiger partial charge < -0.3 is 5.11 Å². The lowest BCUT2D eigenvalue weighted by Crippen LogP contribution is -2.09. The van der Waals surface area contributed by atoms with Gasteiger partial charge in [0.1, 0.15) is 5.56 Å². The Labute approximate surface area is 106 Å². The van der Waals surface area contributed by atoms with Crippen molar-refractivity contribution in [3.05, 3.63) is 47.3 Å². The fourth-order valence-corrected chi connectivity index (χ4v) is 2.07. The highest BCUT2D eigenvalue weighted by molar-refractivity contribution is 5.89. The summed E-state index contributed by atoms with van der Waals surface area (Å²) in [5.74, 6) is -0.836. The molecule has 0 fully saturated rings. The molecule has 0 atom stereocenters. The van der Waals surface area contributed by atoms with Gasteiger partial charge in [0, 0.05) is 0 Å². The number of benzene rings is 1. The Hall–Kier alpha value is -2.10. The second-order valence-electron chi connectivity index (χ2n) is 4.60. The molecule has 4 nitrogen and oxygen atoms in total. The lowest BCUT2D eigenvalue weighted by Gasteiger charge is -2.13. The van der Waals surface area contributed by atoms with Crippen molar-refractivity contribution in [3.63, 3.8) is 0 Å². The summed E-state index contributed by atoms with van der Waals surface area (Å²) < 4.78 is 1.73. The SMILES string of the molecule is Cc1ccccc1-n1ncc(C(=O)O)c1C(C)C. The highest BCUT2D eigenvalue weighted by atomic mass is 16.4. The zero-order valence-electron chi connectivity index (χ0n) is 10.7. The molecule has 0 aliphatic heterocycles. The summed E-state index contributed by atoms with van der Waals surface area (Å²) in [5.41, 5.74) is 3.00. The van der Waals surface area contributed by atoms with E-state index in [1.165, 1.54) is 6.20 Å². The van der Waals surface area contributed by atoms with Crippen LogP contribution < -0.4 is 0 Å². The number of hydrogen-bond acceptors (Lipinski definition) is 2. The maximum atomic E-state index is 11.2. The van der Waals surface area contributed by atoms with Gasteiger partial charge in [-0.1, -0.05) is 32.0 Å². The summed E-state index contributed by atoms with van der Waals surface area (Å²) in [6.07, 6.45) is 1.42. The largest absolute Gasteiger partial charge is 0.478 e. The van der Waals surface area contributed by atoms with E-state index < -0.39 is 5.97 Å². The number of hydrogen-bond donors (Lipinski definition) is 1. The molecule has 1 aromatic heterocycles. The van der Waals surface area contributed by atoms with Crippen molar-refractivity contribution < 1.29 is 9.90 Å². The molecule has 1 N–H and O–H groups in total. The first-order valence-corrected chi connectivity index (χ1v) is 5.89. The van der Waals surface area contributed by atoms with Crippen LogP contribution in [-0.2, 0) is 0 Å². The minimum Gasteiger partial charge on any atom is -0.478 e. The van der Waals surface area contributed by atoms with Crippen LogP contribution >= 0.6 is 0 Å².